The molecule has 0 radical (unpaired) electrons. The number of rotatable bonds is 8. The highest BCUT2D eigenvalue weighted by molar-refractivity contribution is 5.89. The summed E-state index contributed by atoms with van der Waals surface area (Å²) >= 11 is 0. The van der Waals surface area contributed by atoms with Crippen LogP contribution < -0.4 is 10.6 Å². The number of nitrogens with zero attached hydrogens (tertiary/aromatic N) is 1. The van der Waals surface area contributed by atoms with Crippen LogP contribution in [0.4, 0.5) is 4.79 Å². The third kappa shape index (κ3) is 5.75. The van der Waals surface area contributed by atoms with Crippen LogP contribution in [0.1, 0.15) is 37.8 Å². The molecule has 1 aliphatic carbocycles. The molecule has 8 nitrogen and oxygen atoms in total. The first kappa shape index (κ1) is 25.2. The average Bonchev–Trinajstić information content (AvgIpc) is 3.08. The summed E-state index contributed by atoms with van der Waals surface area (Å²) in [5, 5.41) is 14.7. The van der Waals surface area contributed by atoms with Gasteiger partial charge in [-0.3, -0.25) is 4.79 Å². The molecule has 3 rings (SSSR count). The van der Waals surface area contributed by atoms with Crippen LogP contribution in [-0.4, -0.2) is 67.3 Å². The van der Waals surface area contributed by atoms with Crippen molar-refractivity contribution >= 4 is 18.0 Å². The van der Waals surface area contributed by atoms with Gasteiger partial charge in [0.25, 0.3) is 0 Å². The predicted octanol–water partition coefficient (Wildman–Crippen LogP) is 3.07. The Morgan fingerprint density at radius 1 is 0.971 bits per heavy atom. The van der Waals surface area contributed by atoms with Crippen LogP contribution in [0.25, 0.3) is 11.1 Å². The summed E-state index contributed by atoms with van der Waals surface area (Å²) in [6.45, 7) is 5.49. The van der Waals surface area contributed by atoms with Gasteiger partial charge in [0, 0.05) is 12.5 Å². The Kier molecular flexibility index (Phi) is 7.61. The molecular weight excluding hydrogens is 434 g/mol. The quantitative estimate of drug-likeness (QED) is 0.551. The number of nitrogens with one attached hydrogen (secondary N) is 2. The number of ether oxygens (including phenoxy) is 1. The summed E-state index contributed by atoms with van der Waals surface area (Å²) in [5.41, 5.74) is 3.73. The molecule has 0 aliphatic heterocycles. The van der Waals surface area contributed by atoms with E-state index in [2.05, 4.69) is 22.8 Å². The Labute approximate surface area is 200 Å². The van der Waals surface area contributed by atoms with E-state index in [0.717, 1.165) is 22.3 Å². The second kappa shape index (κ2) is 10.3. The third-order valence-electron chi connectivity index (χ3n) is 5.90. The van der Waals surface area contributed by atoms with Gasteiger partial charge in [0.1, 0.15) is 18.7 Å². The van der Waals surface area contributed by atoms with Crippen LogP contribution in [0.2, 0.25) is 0 Å². The normalized spacial score (nSPS) is 14.6. The first-order valence-electron chi connectivity index (χ1n) is 11.3. The smallest absolute Gasteiger partial charge is 0.407 e. The largest absolute Gasteiger partial charge is 0.480 e. The number of carboxylic acid groups (broad SMARTS) is 1. The van der Waals surface area contributed by atoms with Gasteiger partial charge in [-0.1, -0.05) is 69.3 Å². The summed E-state index contributed by atoms with van der Waals surface area (Å²) in [7, 11) is 3.52. The lowest BCUT2D eigenvalue weighted by atomic mass is 9.86. The number of hydrogen-bond donors (Lipinski definition) is 3. The number of amides is 2. The third-order valence-corrected chi connectivity index (χ3v) is 5.90. The number of fused-ring (bicyclic) bond motifs is 3. The molecule has 182 valence electrons. The lowest BCUT2D eigenvalue weighted by Gasteiger charge is -2.30. The van der Waals surface area contributed by atoms with Crippen LogP contribution >= 0.6 is 0 Å². The van der Waals surface area contributed by atoms with Crippen LogP contribution in [0.5, 0.6) is 0 Å². The highest BCUT2D eigenvalue weighted by Crippen LogP contribution is 2.44. The van der Waals surface area contributed by atoms with E-state index < -0.39 is 35.5 Å². The number of carboxylic acids is 1. The monoisotopic (exact) mass is 467 g/mol. The zero-order chi connectivity index (χ0) is 25.0. The highest BCUT2D eigenvalue weighted by atomic mass is 16.5. The maximum atomic E-state index is 12.9. The molecule has 1 unspecified atom stereocenters. The molecule has 34 heavy (non-hydrogen) atoms. The van der Waals surface area contributed by atoms with Crippen LogP contribution in [0.3, 0.4) is 0 Å². The molecule has 1 aliphatic rings. The minimum absolute atomic E-state index is 0.100. The van der Waals surface area contributed by atoms with Gasteiger partial charge in [0.05, 0.1) is 0 Å². The van der Waals surface area contributed by atoms with E-state index >= 15 is 0 Å². The molecule has 0 aromatic heterocycles. The predicted molar refractivity (Wildman–Crippen MR) is 130 cm³/mol. The molecular formula is C26H33N3O5. The van der Waals surface area contributed by atoms with Crippen LogP contribution in [0.15, 0.2) is 48.5 Å². The Morgan fingerprint density at radius 3 is 1.97 bits per heavy atom. The molecule has 0 saturated heterocycles. The number of hydrogen-bond acceptors (Lipinski definition) is 5. The Bertz CT molecular complexity index is 1010. The SMILES string of the molecule is CN(C)C[C@H](NC(=O)OCC1c2ccccc2-c2ccccc21)C(=O)NC(C(=O)O)C(C)(C)C. The minimum Gasteiger partial charge on any atom is -0.480 e. The summed E-state index contributed by atoms with van der Waals surface area (Å²) < 4.78 is 5.56. The highest BCUT2D eigenvalue weighted by Gasteiger charge is 2.35. The van der Waals surface area contributed by atoms with E-state index in [0.29, 0.717) is 0 Å². The van der Waals surface area contributed by atoms with Gasteiger partial charge in [-0.2, -0.15) is 0 Å². The molecule has 2 aromatic carbocycles. The standard InChI is InChI=1S/C26H33N3O5/c1-26(2,3)22(24(31)32)28-23(30)21(14-29(4)5)27-25(33)34-15-20-18-12-8-6-10-16(18)17-11-7-9-13-19(17)20/h6-13,20-22H,14-15H2,1-5H3,(H,27,33)(H,28,30)(H,31,32)/t21-,22?/m0/s1. The van der Waals surface area contributed by atoms with Gasteiger partial charge < -0.3 is 25.4 Å². The molecule has 8 heteroatoms. The Balaban J connectivity index is 1.69. The van der Waals surface area contributed by atoms with Crippen molar-refractivity contribution in [3.63, 3.8) is 0 Å². The number of benzene rings is 2. The maximum Gasteiger partial charge on any atom is 0.407 e. The maximum absolute atomic E-state index is 12.9. The molecule has 0 bridgehead atoms. The van der Waals surface area contributed by atoms with Crippen LogP contribution in [-0.2, 0) is 14.3 Å². The number of carbonyl (C=O) groups is 3. The number of alkyl carbamates (subject to hydrolysis) is 1. The van der Waals surface area contributed by atoms with Crippen molar-refractivity contribution in [1.82, 2.24) is 15.5 Å². The molecule has 2 atom stereocenters. The van der Waals surface area contributed by atoms with Crippen molar-refractivity contribution in [1.29, 1.82) is 0 Å². The van der Waals surface area contributed by atoms with Crippen molar-refractivity contribution in [2.75, 3.05) is 27.2 Å². The van der Waals surface area contributed by atoms with Crippen molar-refractivity contribution in [3.05, 3.63) is 59.7 Å². The molecule has 3 N–H and O–H groups in total. The average molecular weight is 468 g/mol. The van der Waals surface area contributed by atoms with Crippen molar-refractivity contribution in [3.8, 4) is 11.1 Å². The van der Waals surface area contributed by atoms with Gasteiger partial charge in [-0.15, -0.1) is 0 Å². The topological polar surface area (TPSA) is 108 Å². The fourth-order valence-corrected chi connectivity index (χ4v) is 4.23. The van der Waals surface area contributed by atoms with E-state index in [1.165, 1.54) is 0 Å². The Morgan fingerprint density at radius 2 is 1.50 bits per heavy atom. The van der Waals surface area contributed by atoms with E-state index in [9.17, 15) is 19.5 Å². The van der Waals surface area contributed by atoms with Gasteiger partial charge in [-0.05, 0) is 41.8 Å². The Hall–Kier alpha value is -3.39. The molecule has 2 aromatic rings. The minimum atomic E-state index is -1.13. The lowest BCUT2D eigenvalue weighted by Crippen LogP contribution is -2.57. The number of aliphatic carboxylic acids is 1. The second-order valence-corrected chi connectivity index (χ2v) is 9.93. The molecule has 0 spiro atoms. The summed E-state index contributed by atoms with van der Waals surface area (Å²) in [6, 6.07) is 14.0. The second-order valence-electron chi connectivity index (χ2n) is 9.93. The van der Waals surface area contributed by atoms with Gasteiger partial charge in [-0.25, -0.2) is 9.59 Å². The fraction of sp³-hybridized carbons (Fsp3) is 0.423. The first-order chi connectivity index (χ1) is 16.0. The zero-order valence-electron chi connectivity index (χ0n) is 20.3. The van der Waals surface area contributed by atoms with Gasteiger partial charge in [0.15, 0.2) is 0 Å². The molecule has 0 saturated carbocycles. The van der Waals surface area contributed by atoms with Crippen molar-refractivity contribution in [2.45, 2.75) is 38.8 Å². The summed E-state index contributed by atoms with van der Waals surface area (Å²) in [6.07, 6.45) is -0.730. The first-order valence-corrected chi connectivity index (χ1v) is 11.3. The van der Waals surface area contributed by atoms with E-state index in [4.69, 9.17) is 4.74 Å². The van der Waals surface area contributed by atoms with Crippen LogP contribution in [0, 0.1) is 5.41 Å². The van der Waals surface area contributed by atoms with E-state index in [1.807, 2.05) is 36.4 Å². The van der Waals surface area contributed by atoms with Crippen molar-refractivity contribution < 1.29 is 24.2 Å². The molecule has 2 amide bonds. The molecule has 0 fully saturated rings. The van der Waals surface area contributed by atoms with Crippen molar-refractivity contribution in [2.24, 2.45) is 5.41 Å². The zero-order valence-corrected chi connectivity index (χ0v) is 20.3. The van der Waals surface area contributed by atoms with E-state index in [-0.39, 0.29) is 19.1 Å². The van der Waals surface area contributed by atoms with Gasteiger partial charge >= 0.3 is 12.1 Å². The number of carbonyl (C=O) groups excluding carboxylic acids is 2. The van der Waals surface area contributed by atoms with E-state index in [1.54, 1.807) is 39.8 Å². The lowest BCUT2D eigenvalue weighted by molar-refractivity contribution is -0.145. The molecule has 0 heterocycles. The van der Waals surface area contributed by atoms with Gasteiger partial charge in [0.2, 0.25) is 5.91 Å². The summed E-state index contributed by atoms with van der Waals surface area (Å²) in [4.78, 5) is 39.0. The number of likely N-dealkylation sites (N-methyl/N-ethyl adjacent to an activating group) is 1. The fourth-order valence-electron chi connectivity index (χ4n) is 4.23. The summed E-state index contributed by atoms with van der Waals surface area (Å²) in [5.74, 6) is -1.81.